The minimum Gasteiger partial charge on any atom is -0.314 e. The number of nitrogens with zero attached hydrogens (tertiary/aromatic N) is 2. The molecule has 0 amide bonds. The van der Waals surface area contributed by atoms with Crippen LogP contribution in [0.4, 0.5) is 13.2 Å². The predicted molar refractivity (Wildman–Crippen MR) is 74.5 cm³/mol. The van der Waals surface area contributed by atoms with Gasteiger partial charge in [-0.25, -0.2) is 21.6 Å². The van der Waals surface area contributed by atoms with E-state index in [1.165, 1.54) is 6.07 Å². The Morgan fingerprint density at radius 2 is 2.00 bits per heavy atom. The van der Waals surface area contributed by atoms with Gasteiger partial charge < -0.3 is 5.32 Å². The van der Waals surface area contributed by atoms with Gasteiger partial charge in [0.15, 0.2) is 16.5 Å². The molecule has 1 saturated heterocycles. The summed E-state index contributed by atoms with van der Waals surface area (Å²) in [5.41, 5.74) is -0.877. The molecule has 1 aliphatic heterocycles. The zero-order chi connectivity index (χ0) is 15.8. The Hall–Kier alpha value is -1.34. The minimum atomic E-state index is -4.53. The average molecular weight is 356 g/mol. The summed E-state index contributed by atoms with van der Waals surface area (Å²) < 4.78 is 67.0. The molecule has 122 valence electrons. The first-order valence-electron chi connectivity index (χ1n) is 6.11. The summed E-state index contributed by atoms with van der Waals surface area (Å²) in [6, 6.07) is 1.13. The molecule has 2 rings (SSSR count). The molecule has 10 heteroatoms. The third-order valence-corrected chi connectivity index (χ3v) is 5.29. The normalized spacial score (nSPS) is 19.3. The number of halogens is 4. The Labute approximate surface area is 132 Å². The highest BCUT2D eigenvalue weighted by Crippen LogP contribution is 2.28. The molecule has 1 aromatic rings. The average Bonchev–Trinajstić information content (AvgIpc) is 2.43. The molecule has 0 saturated carbocycles. The highest BCUT2D eigenvalue weighted by atomic mass is 35.5. The van der Waals surface area contributed by atoms with Gasteiger partial charge in [0.1, 0.15) is 11.9 Å². The molecule has 0 spiro atoms. The van der Waals surface area contributed by atoms with Gasteiger partial charge in [0.2, 0.25) is 10.0 Å². The summed E-state index contributed by atoms with van der Waals surface area (Å²) in [6.45, 7) is 2.23. The SMILES string of the molecule is C[C@H]1CNCCN1S(=O)(=O)c1c(F)cc(C#N)c(F)c1F.Cl. The fourth-order valence-corrected chi connectivity index (χ4v) is 3.93. The lowest BCUT2D eigenvalue weighted by atomic mass is 10.2. The Morgan fingerprint density at radius 3 is 2.55 bits per heavy atom. The van der Waals surface area contributed by atoms with Crippen LogP contribution >= 0.6 is 12.4 Å². The smallest absolute Gasteiger partial charge is 0.249 e. The van der Waals surface area contributed by atoms with Crippen LogP contribution in [0.5, 0.6) is 0 Å². The van der Waals surface area contributed by atoms with Crippen LogP contribution in [0.1, 0.15) is 12.5 Å². The first-order chi connectivity index (χ1) is 9.80. The number of hydrogen-bond acceptors (Lipinski definition) is 4. The summed E-state index contributed by atoms with van der Waals surface area (Å²) in [7, 11) is -4.53. The molecule has 1 aromatic carbocycles. The van der Waals surface area contributed by atoms with E-state index in [1.54, 1.807) is 6.92 Å². The van der Waals surface area contributed by atoms with Crippen molar-refractivity contribution in [3.63, 3.8) is 0 Å². The Balaban J connectivity index is 0.00000242. The first-order valence-corrected chi connectivity index (χ1v) is 7.55. The van der Waals surface area contributed by atoms with Gasteiger partial charge in [-0.05, 0) is 13.0 Å². The summed E-state index contributed by atoms with van der Waals surface area (Å²) >= 11 is 0. The summed E-state index contributed by atoms with van der Waals surface area (Å²) in [6.07, 6.45) is 0. The molecule has 0 radical (unpaired) electrons. The van der Waals surface area contributed by atoms with Gasteiger partial charge in [-0.3, -0.25) is 0 Å². The summed E-state index contributed by atoms with van der Waals surface area (Å²) in [5.74, 6) is -5.01. The molecule has 1 aliphatic rings. The van der Waals surface area contributed by atoms with Crippen LogP contribution in [0.2, 0.25) is 0 Å². The standard InChI is InChI=1S/C12H12F3N3O2S.ClH/c1-7-6-17-2-3-18(7)21(19,20)12-9(13)4-8(5-16)10(14)11(12)15;/h4,7,17H,2-3,6H2,1H3;1H/t7-;/m0./s1. The van der Waals surface area contributed by atoms with Gasteiger partial charge in [0.05, 0.1) is 5.56 Å². The highest BCUT2D eigenvalue weighted by molar-refractivity contribution is 7.89. The predicted octanol–water partition coefficient (Wildman–Crippen LogP) is 1.38. The fourth-order valence-electron chi connectivity index (χ4n) is 2.19. The second-order valence-corrected chi connectivity index (χ2v) is 6.47. The number of nitriles is 1. The van der Waals surface area contributed by atoms with Crippen molar-refractivity contribution in [2.45, 2.75) is 17.9 Å². The van der Waals surface area contributed by atoms with Crippen molar-refractivity contribution in [1.82, 2.24) is 9.62 Å². The second kappa shape index (κ2) is 6.83. The number of benzene rings is 1. The van der Waals surface area contributed by atoms with Crippen molar-refractivity contribution in [3.05, 3.63) is 29.1 Å². The third-order valence-electron chi connectivity index (χ3n) is 3.24. The molecule has 0 aliphatic carbocycles. The number of nitrogens with one attached hydrogen (secondary N) is 1. The molecular weight excluding hydrogens is 343 g/mol. The summed E-state index contributed by atoms with van der Waals surface area (Å²) in [5, 5.41) is 11.5. The lowest BCUT2D eigenvalue weighted by molar-refractivity contribution is 0.281. The molecular formula is C12H13ClF3N3O2S. The third kappa shape index (κ3) is 3.05. The maximum atomic E-state index is 13.9. The van der Waals surface area contributed by atoms with Crippen LogP contribution in [0.25, 0.3) is 0 Å². The van der Waals surface area contributed by atoms with E-state index in [4.69, 9.17) is 5.26 Å². The fraction of sp³-hybridized carbons (Fsp3) is 0.417. The van der Waals surface area contributed by atoms with Crippen molar-refractivity contribution in [3.8, 4) is 6.07 Å². The van der Waals surface area contributed by atoms with E-state index >= 15 is 0 Å². The van der Waals surface area contributed by atoms with Crippen LogP contribution in [-0.2, 0) is 10.0 Å². The maximum absolute atomic E-state index is 13.9. The van der Waals surface area contributed by atoms with Crippen molar-refractivity contribution in [1.29, 1.82) is 5.26 Å². The molecule has 1 atom stereocenters. The first kappa shape index (κ1) is 18.7. The zero-order valence-electron chi connectivity index (χ0n) is 11.4. The maximum Gasteiger partial charge on any atom is 0.249 e. The van der Waals surface area contributed by atoms with Gasteiger partial charge in [-0.15, -0.1) is 12.4 Å². The van der Waals surface area contributed by atoms with Crippen molar-refractivity contribution >= 4 is 22.4 Å². The minimum absolute atomic E-state index is 0. The van der Waals surface area contributed by atoms with Crippen molar-refractivity contribution < 1.29 is 21.6 Å². The molecule has 0 unspecified atom stereocenters. The van der Waals surface area contributed by atoms with Crippen LogP contribution in [0.3, 0.4) is 0 Å². The Bertz CT molecular complexity index is 721. The number of sulfonamides is 1. The number of piperazine rings is 1. The van der Waals surface area contributed by atoms with E-state index in [2.05, 4.69) is 5.32 Å². The van der Waals surface area contributed by atoms with Gasteiger partial charge in [-0.2, -0.15) is 9.57 Å². The van der Waals surface area contributed by atoms with Crippen LogP contribution < -0.4 is 5.32 Å². The Morgan fingerprint density at radius 1 is 1.36 bits per heavy atom. The highest BCUT2D eigenvalue weighted by Gasteiger charge is 2.37. The molecule has 1 fully saturated rings. The van der Waals surface area contributed by atoms with Crippen molar-refractivity contribution in [2.75, 3.05) is 19.6 Å². The lowest BCUT2D eigenvalue weighted by Crippen LogP contribution is -2.52. The Kier molecular flexibility index (Phi) is 5.81. The van der Waals surface area contributed by atoms with E-state index in [1.807, 2.05) is 0 Å². The quantitative estimate of drug-likeness (QED) is 0.813. The van der Waals surface area contributed by atoms with Crippen LogP contribution in [0.15, 0.2) is 11.0 Å². The van der Waals surface area contributed by atoms with Gasteiger partial charge in [-0.1, -0.05) is 0 Å². The molecule has 1 N–H and O–H groups in total. The van der Waals surface area contributed by atoms with E-state index < -0.39 is 44.0 Å². The monoisotopic (exact) mass is 355 g/mol. The molecule has 0 aromatic heterocycles. The second-order valence-electron chi connectivity index (χ2n) is 4.64. The number of hydrogen-bond donors (Lipinski definition) is 1. The van der Waals surface area contributed by atoms with E-state index in [0.717, 1.165) is 4.31 Å². The molecule has 0 bridgehead atoms. The lowest BCUT2D eigenvalue weighted by Gasteiger charge is -2.32. The summed E-state index contributed by atoms with van der Waals surface area (Å²) in [4.78, 5) is -1.35. The van der Waals surface area contributed by atoms with E-state index in [-0.39, 0.29) is 19.0 Å². The van der Waals surface area contributed by atoms with Gasteiger partial charge in [0, 0.05) is 25.7 Å². The zero-order valence-corrected chi connectivity index (χ0v) is 13.1. The molecule has 1 heterocycles. The van der Waals surface area contributed by atoms with E-state index in [9.17, 15) is 21.6 Å². The van der Waals surface area contributed by atoms with Crippen LogP contribution in [0, 0.1) is 28.8 Å². The van der Waals surface area contributed by atoms with Gasteiger partial charge in [0.25, 0.3) is 0 Å². The van der Waals surface area contributed by atoms with Crippen LogP contribution in [-0.4, -0.2) is 38.4 Å². The van der Waals surface area contributed by atoms with E-state index in [0.29, 0.717) is 19.2 Å². The number of rotatable bonds is 2. The largest absolute Gasteiger partial charge is 0.314 e. The van der Waals surface area contributed by atoms with Gasteiger partial charge >= 0.3 is 0 Å². The topological polar surface area (TPSA) is 73.2 Å². The van der Waals surface area contributed by atoms with Crippen molar-refractivity contribution in [2.24, 2.45) is 0 Å². The molecule has 22 heavy (non-hydrogen) atoms. The molecule has 5 nitrogen and oxygen atoms in total.